The van der Waals surface area contributed by atoms with Gasteiger partial charge in [0.1, 0.15) is 11.3 Å². The lowest BCUT2D eigenvalue weighted by molar-refractivity contribution is 0.0693. The van der Waals surface area contributed by atoms with Crippen LogP contribution in [0.3, 0.4) is 0 Å². The van der Waals surface area contributed by atoms with Crippen molar-refractivity contribution in [1.29, 1.82) is 0 Å². The molecule has 2 rings (SSSR count). The molecule has 0 fully saturated rings. The molecule has 19 heavy (non-hydrogen) atoms. The predicted octanol–water partition coefficient (Wildman–Crippen LogP) is 3.29. The number of aromatic carboxylic acids is 1. The van der Waals surface area contributed by atoms with Gasteiger partial charge in [0.2, 0.25) is 5.88 Å². The van der Waals surface area contributed by atoms with Crippen LogP contribution in [-0.2, 0) is 7.05 Å². The predicted molar refractivity (Wildman–Crippen MR) is 73.9 cm³/mol. The lowest BCUT2D eigenvalue weighted by Crippen LogP contribution is -2.02. The lowest BCUT2D eigenvalue weighted by Gasteiger charge is -2.09. The molecule has 0 amide bonds. The maximum Gasteiger partial charge on any atom is 0.343 e. The van der Waals surface area contributed by atoms with Gasteiger partial charge < -0.3 is 9.84 Å². The minimum absolute atomic E-state index is 0.0878. The molecule has 2 aromatic rings. The highest BCUT2D eigenvalue weighted by Gasteiger charge is 2.22. The first-order valence-electron chi connectivity index (χ1n) is 5.61. The molecule has 0 bridgehead atoms. The van der Waals surface area contributed by atoms with Crippen molar-refractivity contribution in [2.45, 2.75) is 13.8 Å². The van der Waals surface area contributed by atoms with Gasteiger partial charge in [0.15, 0.2) is 0 Å². The van der Waals surface area contributed by atoms with Gasteiger partial charge >= 0.3 is 5.97 Å². The second kappa shape index (κ2) is 5.05. The first-order valence-corrected chi connectivity index (χ1v) is 6.40. The third-order valence-corrected chi connectivity index (χ3v) is 3.22. The molecule has 1 N–H and O–H groups in total. The maximum atomic E-state index is 11.2. The highest BCUT2D eigenvalue weighted by molar-refractivity contribution is 9.10. The molecular formula is C13H13BrN2O3. The number of carboxylic acids is 1. The van der Waals surface area contributed by atoms with E-state index in [9.17, 15) is 9.90 Å². The zero-order valence-corrected chi connectivity index (χ0v) is 12.4. The van der Waals surface area contributed by atoms with Gasteiger partial charge in [0, 0.05) is 11.5 Å². The van der Waals surface area contributed by atoms with Gasteiger partial charge in [-0.1, -0.05) is 15.9 Å². The second-order valence-corrected chi connectivity index (χ2v) is 5.12. The highest BCUT2D eigenvalue weighted by Crippen LogP contribution is 2.30. The van der Waals surface area contributed by atoms with E-state index in [1.165, 1.54) is 4.68 Å². The van der Waals surface area contributed by atoms with Crippen molar-refractivity contribution in [3.63, 3.8) is 0 Å². The van der Waals surface area contributed by atoms with Crippen LogP contribution in [0.2, 0.25) is 0 Å². The van der Waals surface area contributed by atoms with Crippen molar-refractivity contribution in [1.82, 2.24) is 9.78 Å². The van der Waals surface area contributed by atoms with Crippen molar-refractivity contribution in [2.24, 2.45) is 7.05 Å². The first kappa shape index (κ1) is 13.6. The number of benzene rings is 1. The molecule has 5 nitrogen and oxygen atoms in total. The fourth-order valence-corrected chi connectivity index (χ4v) is 2.31. The number of carbonyl (C=O) groups is 1. The molecule has 0 saturated heterocycles. The number of carboxylic acid groups (broad SMARTS) is 1. The lowest BCUT2D eigenvalue weighted by atomic mass is 10.2. The molecular weight excluding hydrogens is 312 g/mol. The number of aryl methyl sites for hydroxylation is 3. The minimum Gasteiger partial charge on any atom is -0.477 e. The van der Waals surface area contributed by atoms with Crippen LogP contribution in [0.1, 0.15) is 21.6 Å². The third kappa shape index (κ3) is 2.63. The van der Waals surface area contributed by atoms with Crippen molar-refractivity contribution < 1.29 is 14.6 Å². The summed E-state index contributed by atoms with van der Waals surface area (Å²) in [5.41, 5.74) is 1.43. The van der Waals surface area contributed by atoms with Crippen LogP contribution in [0.5, 0.6) is 11.6 Å². The monoisotopic (exact) mass is 324 g/mol. The van der Waals surface area contributed by atoms with Gasteiger partial charge in [-0.2, -0.15) is 5.10 Å². The molecule has 0 unspecified atom stereocenters. The molecule has 1 aromatic carbocycles. The Bertz CT molecular complexity index is 650. The Labute approximate surface area is 118 Å². The Hall–Kier alpha value is -1.82. The molecule has 0 aliphatic carbocycles. The molecule has 0 saturated carbocycles. The largest absolute Gasteiger partial charge is 0.477 e. The van der Waals surface area contributed by atoms with Crippen LogP contribution < -0.4 is 4.74 Å². The van der Waals surface area contributed by atoms with Gasteiger partial charge in [-0.05, 0) is 37.6 Å². The van der Waals surface area contributed by atoms with Gasteiger partial charge in [0.05, 0.1) is 5.69 Å². The van der Waals surface area contributed by atoms with E-state index in [1.54, 1.807) is 20.0 Å². The van der Waals surface area contributed by atoms with E-state index in [1.807, 2.05) is 19.1 Å². The summed E-state index contributed by atoms with van der Waals surface area (Å²) in [5, 5.41) is 13.3. The Balaban J connectivity index is 2.46. The maximum absolute atomic E-state index is 11.2. The summed E-state index contributed by atoms with van der Waals surface area (Å²) in [4.78, 5) is 11.2. The standard InChI is InChI=1S/C13H13BrN2O3/c1-7-6-9(14)4-5-10(7)19-12-11(13(17)18)8(2)15-16(12)3/h4-6H,1-3H3,(H,17,18). The van der Waals surface area contributed by atoms with Crippen LogP contribution in [0, 0.1) is 13.8 Å². The van der Waals surface area contributed by atoms with Gasteiger partial charge in [-0.15, -0.1) is 0 Å². The number of ether oxygens (including phenoxy) is 1. The van der Waals surface area contributed by atoms with Crippen LogP contribution in [0.15, 0.2) is 22.7 Å². The van der Waals surface area contributed by atoms with E-state index in [4.69, 9.17) is 4.74 Å². The molecule has 1 aromatic heterocycles. The Morgan fingerprint density at radius 1 is 1.42 bits per heavy atom. The Morgan fingerprint density at radius 3 is 2.68 bits per heavy atom. The average molecular weight is 325 g/mol. The number of halogens is 1. The number of hydrogen-bond acceptors (Lipinski definition) is 3. The van der Waals surface area contributed by atoms with E-state index < -0.39 is 5.97 Å². The number of hydrogen-bond donors (Lipinski definition) is 1. The summed E-state index contributed by atoms with van der Waals surface area (Å²) in [6.07, 6.45) is 0. The minimum atomic E-state index is -1.05. The summed E-state index contributed by atoms with van der Waals surface area (Å²) >= 11 is 3.37. The molecule has 0 aliphatic rings. The molecule has 1 heterocycles. The topological polar surface area (TPSA) is 64.3 Å². The number of rotatable bonds is 3. The SMILES string of the molecule is Cc1cc(Br)ccc1Oc1c(C(=O)O)c(C)nn1C. The van der Waals surface area contributed by atoms with Gasteiger partial charge in [-0.3, -0.25) is 0 Å². The van der Waals surface area contributed by atoms with E-state index >= 15 is 0 Å². The Morgan fingerprint density at radius 2 is 2.11 bits per heavy atom. The van der Waals surface area contributed by atoms with E-state index in [2.05, 4.69) is 21.0 Å². The zero-order valence-electron chi connectivity index (χ0n) is 10.8. The first-order chi connectivity index (χ1) is 8.90. The van der Waals surface area contributed by atoms with Crippen LogP contribution in [-0.4, -0.2) is 20.9 Å². The fourth-order valence-electron chi connectivity index (χ4n) is 1.83. The summed E-state index contributed by atoms with van der Waals surface area (Å²) in [5.74, 6) is -0.209. The molecule has 0 radical (unpaired) electrons. The van der Waals surface area contributed by atoms with Crippen molar-refractivity contribution in [3.8, 4) is 11.6 Å². The number of nitrogens with zero attached hydrogens (tertiary/aromatic N) is 2. The molecule has 0 spiro atoms. The van der Waals surface area contributed by atoms with Crippen molar-refractivity contribution in [3.05, 3.63) is 39.5 Å². The van der Waals surface area contributed by atoms with Crippen LogP contribution in [0.25, 0.3) is 0 Å². The van der Waals surface area contributed by atoms with E-state index in [0.29, 0.717) is 11.4 Å². The molecule has 0 atom stereocenters. The van der Waals surface area contributed by atoms with Gasteiger partial charge in [0.25, 0.3) is 0 Å². The van der Waals surface area contributed by atoms with Gasteiger partial charge in [-0.25, -0.2) is 9.48 Å². The van der Waals surface area contributed by atoms with E-state index in [-0.39, 0.29) is 11.4 Å². The molecule has 6 heteroatoms. The average Bonchev–Trinajstić information content (AvgIpc) is 2.57. The van der Waals surface area contributed by atoms with E-state index in [0.717, 1.165) is 10.0 Å². The van der Waals surface area contributed by atoms with Crippen LogP contribution >= 0.6 is 15.9 Å². The molecule has 100 valence electrons. The van der Waals surface area contributed by atoms with Crippen molar-refractivity contribution >= 4 is 21.9 Å². The third-order valence-electron chi connectivity index (χ3n) is 2.73. The van der Waals surface area contributed by atoms with Crippen molar-refractivity contribution in [2.75, 3.05) is 0 Å². The summed E-state index contributed by atoms with van der Waals surface area (Å²) in [6, 6.07) is 5.53. The second-order valence-electron chi connectivity index (χ2n) is 4.21. The fraction of sp³-hybridized carbons (Fsp3) is 0.231. The molecule has 0 aliphatic heterocycles. The highest BCUT2D eigenvalue weighted by atomic mass is 79.9. The Kier molecular flexibility index (Phi) is 3.61. The summed E-state index contributed by atoms with van der Waals surface area (Å²) in [6.45, 7) is 3.54. The summed E-state index contributed by atoms with van der Waals surface area (Å²) < 4.78 is 8.08. The van der Waals surface area contributed by atoms with Crippen LogP contribution in [0.4, 0.5) is 0 Å². The number of aromatic nitrogens is 2. The smallest absolute Gasteiger partial charge is 0.343 e. The quantitative estimate of drug-likeness (QED) is 0.940. The summed E-state index contributed by atoms with van der Waals surface area (Å²) in [7, 11) is 1.66. The normalized spacial score (nSPS) is 10.5. The zero-order chi connectivity index (χ0) is 14.2.